The normalized spacial score (nSPS) is 14.7. The summed E-state index contributed by atoms with van der Waals surface area (Å²) >= 11 is 0. The third-order valence-electron chi connectivity index (χ3n) is 8.06. The van der Waals surface area contributed by atoms with Gasteiger partial charge in [0.05, 0.1) is 11.1 Å². The molecule has 0 unspecified atom stereocenters. The molecule has 0 spiro atoms. The molecular weight excluding hydrogens is 599 g/mol. The molecule has 45 heavy (non-hydrogen) atoms. The van der Waals surface area contributed by atoms with Crippen LogP contribution in [0.25, 0.3) is 22.0 Å². The number of alkyl halides is 3. The lowest BCUT2D eigenvalue weighted by atomic mass is 9.93. The number of pyridine rings is 2. The summed E-state index contributed by atoms with van der Waals surface area (Å²) in [5, 5.41) is 14.6. The van der Waals surface area contributed by atoms with Crippen LogP contribution < -0.4 is 16.2 Å². The smallest absolute Gasteiger partial charge is 0.408 e. The number of aliphatic carboxylic acids is 1. The molecule has 1 aliphatic rings. The highest BCUT2D eigenvalue weighted by atomic mass is 19.4. The van der Waals surface area contributed by atoms with E-state index in [4.69, 9.17) is 0 Å². The topological polar surface area (TPSA) is 113 Å². The van der Waals surface area contributed by atoms with Crippen molar-refractivity contribution in [2.75, 3.05) is 5.32 Å². The van der Waals surface area contributed by atoms with Gasteiger partial charge in [-0.2, -0.15) is 13.2 Å². The number of rotatable bonds is 9. The minimum Gasteiger partial charge on any atom is -0.480 e. The van der Waals surface area contributed by atoms with Crippen molar-refractivity contribution < 1.29 is 36.6 Å². The van der Waals surface area contributed by atoms with E-state index in [1.54, 1.807) is 45.2 Å². The number of aromatic nitrogens is 2. The van der Waals surface area contributed by atoms with E-state index in [0.717, 1.165) is 11.3 Å². The number of amides is 1. The Labute approximate surface area is 253 Å². The van der Waals surface area contributed by atoms with Gasteiger partial charge in [-0.3, -0.25) is 14.6 Å². The molecule has 1 saturated carbocycles. The van der Waals surface area contributed by atoms with E-state index < -0.39 is 58.9 Å². The number of carboxylic acid groups (broad SMARTS) is 1. The average Bonchev–Trinajstić information content (AvgIpc) is 3.79. The van der Waals surface area contributed by atoms with Crippen LogP contribution in [0.2, 0.25) is 0 Å². The van der Waals surface area contributed by atoms with Crippen molar-refractivity contribution in [3.05, 3.63) is 93.0 Å². The fraction of sp³-hybridized carbons (Fsp3) is 0.312. The molecule has 2 aromatic carbocycles. The first-order valence-corrected chi connectivity index (χ1v) is 14.1. The molecule has 2 atom stereocenters. The summed E-state index contributed by atoms with van der Waals surface area (Å²) in [5.74, 6) is -6.52. The minimum atomic E-state index is -4.65. The van der Waals surface area contributed by atoms with E-state index in [1.165, 1.54) is 10.8 Å². The Bertz CT molecular complexity index is 1860. The highest BCUT2D eigenvalue weighted by molar-refractivity contribution is 5.99. The number of carbonyl (C=O) groups is 2. The Kier molecular flexibility index (Phi) is 8.39. The molecule has 1 fully saturated rings. The zero-order valence-corrected chi connectivity index (χ0v) is 24.4. The summed E-state index contributed by atoms with van der Waals surface area (Å²) in [6.45, 7) is 3.60. The van der Waals surface area contributed by atoms with Gasteiger partial charge < -0.3 is 20.3 Å². The lowest BCUT2D eigenvalue weighted by Crippen LogP contribution is -2.43. The Hall–Kier alpha value is -4.81. The largest absolute Gasteiger partial charge is 0.480 e. The molecule has 1 aliphatic carbocycles. The third kappa shape index (κ3) is 6.38. The summed E-state index contributed by atoms with van der Waals surface area (Å²) in [4.78, 5) is 42.7. The zero-order chi connectivity index (χ0) is 32.8. The second kappa shape index (κ2) is 11.9. The van der Waals surface area contributed by atoms with E-state index in [2.05, 4.69) is 15.6 Å². The molecule has 0 aliphatic heterocycles. The number of carboxylic acids is 1. The summed E-state index contributed by atoms with van der Waals surface area (Å²) < 4.78 is 71.5. The van der Waals surface area contributed by atoms with Gasteiger partial charge >= 0.3 is 12.1 Å². The van der Waals surface area contributed by atoms with E-state index in [9.17, 15) is 41.4 Å². The summed E-state index contributed by atoms with van der Waals surface area (Å²) in [5.41, 5.74) is 1.40. The number of fused-ring (bicyclic) bond motifs is 1. The maximum Gasteiger partial charge on any atom is 0.408 e. The van der Waals surface area contributed by atoms with Gasteiger partial charge in [-0.1, -0.05) is 18.2 Å². The predicted molar refractivity (Wildman–Crippen MR) is 157 cm³/mol. The summed E-state index contributed by atoms with van der Waals surface area (Å²) in [6, 6.07) is 5.88. The molecule has 2 aromatic heterocycles. The summed E-state index contributed by atoms with van der Waals surface area (Å²) in [7, 11) is 1.65. The Morgan fingerprint density at radius 1 is 1.09 bits per heavy atom. The Balaban J connectivity index is 1.43. The molecule has 0 radical (unpaired) electrons. The van der Waals surface area contributed by atoms with Crippen molar-refractivity contribution in [3.63, 3.8) is 0 Å². The van der Waals surface area contributed by atoms with Crippen LogP contribution in [0.3, 0.4) is 0 Å². The van der Waals surface area contributed by atoms with Gasteiger partial charge in [-0.25, -0.2) is 13.6 Å². The Morgan fingerprint density at radius 2 is 1.76 bits per heavy atom. The van der Waals surface area contributed by atoms with Gasteiger partial charge in [0.1, 0.15) is 29.3 Å². The number of hydrogen-bond acceptors (Lipinski definition) is 5. The maximum absolute atomic E-state index is 14.9. The Morgan fingerprint density at radius 3 is 2.36 bits per heavy atom. The van der Waals surface area contributed by atoms with Crippen LogP contribution >= 0.6 is 0 Å². The van der Waals surface area contributed by atoms with Gasteiger partial charge in [-0.15, -0.1) is 0 Å². The van der Waals surface area contributed by atoms with E-state index >= 15 is 0 Å². The van der Waals surface area contributed by atoms with Gasteiger partial charge in [0.25, 0.3) is 11.5 Å². The average molecular weight is 629 g/mol. The van der Waals surface area contributed by atoms with Crippen LogP contribution in [-0.4, -0.2) is 44.8 Å². The molecule has 2 heterocycles. The van der Waals surface area contributed by atoms with Crippen LogP contribution in [0, 0.1) is 31.4 Å². The number of aryl methyl sites for hydroxylation is 2. The van der Waals surface area contributed by atoms with Crippen molar-refractivity contribution in [1.29, 1.82) is 0 Å². The van der Waals surface area contributed by atoms with Gasteiger partial charge in [-0.05, 0) is 68.0 Å². The van der Waals surface area contributed by atoms with Crippen LogP contribution in [0.5, 0.6) is 0 Å². The fourth-order valence-electron chi connectivity index (χ4n) is 5.52. The molecule has 13 heteroatoms. The van der Waals surface area contributed by atoms with Crippen molar-refractivity contribution >= 4 is 28.5 Å². The molecule has 236 valence electrons. The minimum absolute atomic E-state index is 0.241. The number of nitrogens with one attached hydrogen (secondary N) is 2. The highest BCUT2D eigenvalue weighted by Gasteiger charge is 2.49. The SMILES string of the molecule is Cc1cc(C)n(C)c(=O)c1-c1ccc(C[C@H](NC(=O)c2c(F)cc(N[C@H](C3CC3)C(F)(F)F)cc2F)C(=O)O)c2cccnc12. The fourth-order valence-corrected chi connectivity index (χ4v) is 5.52. The maximum atomic E-state index is 14.9. The standard InChI is InChI=1S/C32H29F5N4O4/c1-15-11-16(2)41(3)30(43)25(15)21-9-8-18(20-5-4-10-38-27(20)21)12-24(31(44)45)40-29(42)26-22(33)13-19(14-23(26)34)39-28(17-6-7-17)32(35,36)37/h4-5,8-11,13-14,17,24,28,39H,6-7,12H2,1-3H3,(H,40,42)(H,44,45)/t24-,28+/m0/s1. The summed E-state index contributed by atoms with van der Waals surface area (Å²) in [6.07, 6.45) is -2.81. The highest BCUT2D eigenvalue weighted by Crippen LogP contribution is 2.42. The first kappa shape index (κ1) is 31.6. The first-order valence-electron chi connectivity index (χ1n) is 14.1. The number of benzene rings is 2. The lowest BCUT2D eigenvalue weighted by molar-refractivity contribution is -0.146. The van der Waals surface area contributed by atoms with Gasteiger partial charge in [0, 0.05) is 42.0 Å². The van der Waals surface area contributed by atoms with Crippen molar-refractivity contribution in [3.8, 4) is 11.1 Å². The van der Waals surface area contributed by atoms with Crippen LogP contribution in [0.4, 0.5) is 27.6 Å². The predicted octanol–water partition coefficient (Wildman–Crippen LogP) is 5.67. The monoisotopic (exact) mass is 628 g/mol. The lowest BCUT2D eigenvalue weighted by Gasteiger charge is -2.23. The van der Waals surface area contributed by atoms with E-state index in [1.807, 2.05) is 6.07 Å². The third-order valence-corrected chi connectivity index (χ3v) is 8.06. The molecular formula is C32H29F5N4O4. The van der Waals surface area contributed by atoms with Gasteiger partial charge in [0.2, 0.25) is 0 Å². The molecule has 5 rings (SSSR count). The zero-order valence-electron chi connectivity index (χ0n) is 24.4. The van der Waals surface area contributed by atoms with Crippen LogP contribution in [-0.2, 0) is 18.3 Å². The number of hydrogen-bond donors (Lipinski definition) is 3. The molecule has 1 amide bonds. The number of anilines is 1. The van der Waals surface area contributed by atoms with E-state index in [-0.39, 0.29) is 12.0 Å². The molecule has 3 N–H and O–H groups in total. The van der Waals surface area contributed by atoms with Crippen molar-refractivity contribution in [1.82, 2.24) is 14.9 Å². The molecule has 4 aromatic rings. The molecule has 0 saturated heterocycles. The van der Waals surface area contributed by atoms with E-state index in [0.29, 0.717) is 52.6 Å². The molecule has 0 bridgehead atoms. The second-order valence-corrected chi connectivity index (χ2v) is 11.3. The van der Waals surface area contributed by atoms with Crippen molar-refractivity contribution in [2.45, 2.75) is 51.4 Å². The van der Waals surface area contributed by atoms with Crippen LogP contribution in [0.15, 0.2) is 53.5 Å². The molecule has 8 nitrogen and oxygen atoms in total. The quantitative estimate of drug-likeness (QED) is 0.206. The number of carbonyl (C=O) groups excluding carboxylic acids is 1. The second-order valence-electron chi connectivity index (χ2n) is 11.3. The number of nitrogens with zero attached hydrogens (tertiary/aromatic N) is 2. The van der Waals surface area contributed by atoms with Gasteiger partial charge in [0.15, 0.2) is 0 Å². The van der Waals surface area contributed by atoms with Crippen LogP contribution in [0.1, 0.15) is 40.0 Å². The first-order chi connectivity index (χ1) is 21.2. The number of halogens is 5. The van der Waals surface area contributed by atoms with Crippen molar-refractivity contribution in [2.24, 2.45) is 13.0 Å².